The van der Waals surface area contributed by atoms with Crippen LogP contribution in [0.15, 0.2) is 41.3 Å². The largest absolute Gasteiger partial charge is 0.349 e. The maximum absolute atomic E-state index is 12.1. The fraction of sp³-hybridized carbons (Fsp3) is 0.200. The molecule has 2 aromatic rings. The van der Waals surface area contributed by atoms with Gasteiger partial charge in [0.1, 0.15) is 10.8 Å². The number of carbonyl (C=O) groups is 1. The molecule has 0 aliphatic rings. The molecule has 2 rings (SSSR count). The van der Waals surface area contributed by atoms with E-state index in [4.69, 9.17) is 23.2 Å². The number of halogens is 2. The van der Waals surface area contributed by atoms with Gasteiger partial charge in [0.25, 0.3) is 5.91 Å². The molecule has 2 N–H and O–H groups in total. The van der Waals surface area contributed by atoms with Crippen molar-refractivity contribution >= 4 is 39.1 Å². The fourth-order valence-electron chi connectivity index (χ4n) is 1.82. The Morgan fingerprint density at radius 1 is 1.08 bits per heavy atom. The second-order valence-electron chi connectivity index (χ2n) is 4.93. The summed E-state index contributed by atoms with van der Waals surface area (Å²) in [7, 11) is -3.62. The number of amides is 1. The third-order valence-electron chi connectivity index (χ3n) is 3.06. The number of hydrogen-bond acceptors (Lipinski definition) is 4. The van der Waals surface area contributed by atoms with E-state index in [1.54, 1.807) is 12.1 Å². The molecule has 0 atom stereocenters. The van der Waals surface area contributed by atoms with Gasteiger partial charge >= 0.3 is 0 Å². The Morgan fingerprint density at radius 2 is 1.75 bits per heavy atom. The number of pyridine rings is 1. The lowest BCUT2D eigenvalue weighted by molar-refractivity contribution is 0.0949. The second-order valence-corrected chi connectivity index (χ2v) is 7.49. The number of benzene rings is 1. The Bertz CT molecular complexity index is 840. The quantitative estimate of drug-likeness (QED) is 0.588. The highest BCUT2D eigenvalue weighted by Crippen LogP contribution is 2.16. The van der Waals surface area contributed by atoms with Gasteiger partial charge in [-0.05, 0) is 31.2 Å². The van der Waals surface area contributed by atoms with Crippen LogP contribution in [-0.4, -0.2) is 32.4 Å². The van der Waals surface area contributed by atoms with Gasteiger partial charge in [0, 0.05) is 13.1 Å². The van der Waals surface area contributed by atoms with Gasteiger partial charge in [0.2, 0.25) is 10.0 Å². The first kappa shape index (κ1) is 18.7. The van der Waals surface area contributed by atoms with Crippen LogP contribution in [0.1, 0.15) is 16.1 Å². The number of rotatable bonds is 6. The molecule has 0 saturated carbocycles. The number of nitrogens with zero attached hydrogens (tertiary/aromatic N) is 1. The molecule has 1 heterocycles. The third kappa shape index (κ3) is 4.91. The van der Waals surface area contributed by atoms with Crippen LogP contribution >= 0.6 is 23.2 Å². The molecule has 9 heteroatoms. The van der Waals surface area contributed by atoms with E-state index in [1.165, 1.54) is 24.3 Å². The summed E-state index contributed by atoms with van der Waals surface area (Å²) in [5, 5.41) is 2.84. The van der Waals surface area contributed by atoms with Crippen LogP contribution in [0.4, 0.5) is 0 Å². The van der Waals surface area contributed by atoms with Crippen molar-refractivity contribution in [3.63, 3.8) is 0 Å². The summed E-state index contributed by atoms with van der Waals surface area (Å²) >= 11 is 11.6. The molecule has 0 aliphatic heterocycles. The molecular weight excluding hydrogens is 373 g/mol. The number of aryl methyl sites for hydroxylation is 1. The van der Waals surface area contributed by atoms with E-state index in [0.717, 1.165) is 5.56 Å². The minimum atomic E-state index is -3.62. The Morgan fingerprint density at radius 3 is 2.42 bits per heavy atom. The van der Waals surface area contributed by atoms with E-state index in [2.05, 4.69) is 15.0 Å². The number of sulfonamides is 1. The Labute approximate surface area is 150 Å². The highest BCUT2D eigenvalue weighted by atomic mass is 35.5. The molecule has 0 saturated heterocycles. The first-order chi connectivity index (χ1) is 11.3. The molecule has 6 nitrogen and oxygen atoms in total. The van der Waals surface area contributed by atoms with Gasteiger partial charge in [-0.25, -0.2) is 18.1 Å². The number of aromatic nitrogens is 1. The van der Waals surface area contributed by atoms with Gasteiger partial charge in [-0.15, -0.1) is 0 Å². The molecule has 0 radical (unpaired) electrons. The first-order valence-electron chi connectivity index (χ1n) is 6.96. The normalized spacial score (nSPS) is 11.3. The number of carbonyl (C=O) groups excluding carboxylic acids is 1. The van der Waals surface area contributed by atoms with E-state index in [1.807, 2.05) is 6.92 Å². The van der Waals surface area contributed by atoms with Crippen LogP contribution in [0.3, 0.4) is 0 Å². The van der Waals surface area contributed by atoms with Crippen LogP contribution in [0, 0.1) is 6.92 Å². The maximum Gasteiger partial charge on any atom is 0.271 e. The molecule has 0 spiro atoms. The lowest BCUT2D eigenvalue weighted by Gasteiger charge is -2.09. The molecule has 0 unspecified atom stereocenters. The summed E-state index contributed by atoms with van der Waals surface area (Å²) < 4.78 is 26.6. The van der Waals surface area contributed by atoms with Crippen molar-refractivity contribution < 1.29 is 13.2 Å². The molecule has 24 heavy (non-hydrogen) atoms. The Balaban J connectivity index is 1.89. The van der Waals surface area contributed by atoms with Gasteiger partial charge in [0.05, 0.1) is 9.92 Å². The van der Waals surface area contributed by atoms with E-state index < -0.39 is 15.9 Å². The van der Waals surface area contributed by atoms with Crippen LogP contribution in [0.5, 0.6) is 0 Å². The summed E-state index contributed by atoms with van der Waals surface area (Å²) in [5.41, 5.74) is 0.956. The third-order valence-corrected chi connectivity index (χ3v) is 5.05. The van der Waals surface area contributed by atoms with Crippen LogP contribution in [-0.2, 0) is 10.0 Å². The zero-order valence-corrected chi connectivity index (χ0v) is 15.0. The zero-order chi connectivity index (χ0) is 17.7. The van der Waals surface area contributed by atoms with E-state index in [9.17, 15) is 13.2 Å². The summed E-state index contributed by atoms with van der Waals surface area (Å²) in [5.74, 6) is -0.531. The molecule has 1 aromatic carbocycles. The van der Waals surface area contributed by atoms with Gasteiger partial charge in [-0.2, -0.15) is 0 Å². The second kappa shape index (κ2) is 7.94. The van der Waals surface area contributed by atoms with Gasteiger partial charge in [0.15, 0.2) is 0 Å². The zero-order valence-electron chi connectivity index (χ0n) is 12.7. The van der Waals surface area contributed by atoms with E-state index in [0.29, 0.717) is 0 Å². The summed E-state index contributed by atoms with van der Waals surface area (Å²) in [4.78, 5) is 16.0. The molecule has 0 aliphatic carbocycles. The van der Waals surface area contributed by atoms with E-state index in [-0.39, 0.29) is 33.9 Å². The smallest absolute Gasteiger partial charge is 0.271 e. The van der Waals surface area contributed by atoms with Gasteiger partial charge in [-0.3, -0.25) is 4.79 Å². The van der Waals surface area contributed by atoms with E-state index >= 15 is 0 Å². The van der Waals surface area contributed by atoms with Crippen molar-refractivity contribution in [1.29, 1.82) is 0 Å². The molecule has 128 valence electrons. The van der Waals surface area contributed by atoms with Crippen molar-refractivity contribution in [3.05, 3.63) is 57.8 Å². The highest BCUT2D eigenvalue weighted by Gasteiger charge is 2.15. The lowest BCUT2D eigenvalue weighted by Crippen LogP contribution is -2.35. The summed E-state index contributed by atoms with van der Waals surface area (Å²) in [6.07, 6.45) is 0. The molecule has 1 amide bonds. The number of nitrogens with one attached hydrogen (secondary N) is 2. The number of hydrogen-bond donors (Lipinski definition) is 2. The van der Waals surface area contributed by atoms with Crippen molar-refractivity contribution in [2.75, 3.05) is 13.1 Å². The van der Waals surface area contributed by atoms with Crippen LogP contribution < -0.4 is 10.0 Å². The summed E-state index contributed by atoms with van der Waals surface area (Å²) in [6, 6.07) is 9.40. The topological polar surface area (TPSA) is 88.2 Å². The minimum absolute atomic E-state index is 0.00874. The molecule has 1 aromatic heterocycles. The first-order valence-corrected chi connectivity index (χ1v) is 9.20. The maximum atomic E-state index is 12.1. The lowest BCUT2D eigenvalue weighted by atomic mass is 10.2. The van der Waals surface area contributed by atoms with Crippen molar-refractivity contribution in [3.8, 4) is 0 Å². The van der Waals surface area contributed by atoms with Gasteiger partial charge < -0.3 is 5.32 Å². The summed E-state index contributed by atoms with van der Waals surface area (Å²) in [6.45, 7) is 1.98. The average Bonchev–Trinajstić information content (AvgIpc) is 2.54. The molecular formula is C15H15Cl2N3O3S. The highest BCUT2D eigenvalue weighted by molar-refractivity contribution is 7.89. The van der Waals surface area contributed by atoms with Crippen molar-refractivity contribution in [1.82, 2.24) is 15.0 Å². The predicted octanol–water partition coefficient (Wildman–Crippen LogP) is 2.41. The van der Waals surface area contributed by atoms with Gasteiger partial charge in [-0.1, -0.05) is 40.9 Å². The Kier molecular flexibility index (Phi) is 6.17. The Hall–Kier alpha value is -1.67. The monoisotopic (exact) mass is 387 g/mol. The van der Waals surface area contributed by atoms with Crippen molar-refractivity contribution in [2.45, 2.75) is 11.8 Å². The SMILES string of the molecule is Cc1ccc(S(=O)(=O)NCCNC(=O)c2nc(Cl)ccc2Cl)cc1. The standard InChI is InChI=1S/C15H15Cl2N3O3S/c1-10-2-4-11(5-3-10)24(22,23)19-9-8-18-15(21)14-12(16)6-7-13(17)20-14/h2-7,19H,8-9H2,1H3,(H,18,21). The fourth-order valence-corrected chi connectivity index (χ4v) is 3.19. The van der Waals surface area contributed by atoms with Crippen LogP contribution in [0.2, 0.25) is 10.2 Å². The predicted molar refractivity (Wildman–Crippen MR) is 93.0 cm³/mol. The molecule has 0 bridgehead atoms. The minimum Gasteiger partial charge on any atom is -0.349 e. The molecule has 0 fully saturated rings. The average molecular weight is 388 g/mol. The van der Waals surface area contributed by atoms with Crippen LogP contribution in [0.25, 0.3) is 0 Å². The van der Waals surface area contributed by atoms with Crippen molar-refractivity contribution in [2.24, 2.45) is 0 Å².